The van der Waals surface area contributed by atoms with Crippen molar-refractivity contribution >= 4 is 21.8 Å². The van der Waals surface area contributed by atoms with Crippen molar-refractivity contribution in [2.45, 2.75) is 19.5 Å². The van der Waals surface area contributed by atoms with Crippen LogP contribution in [-0.4, -0.2) is 37.0 Å². The number of amides is 1. The maximum atomic E-state index is 11.6. The summed E-state index contributed by atoms with van der Waals surface area (Å²) in [5.74, 6) is 0.951. The number of hydrogen-bond donors (Lipinski definition) is 1. The van der Waals surface area contributed by atoms with E-state index >= 15 is 0 Å². The third-order valence-corrected chi connectivity index (χ3v) is 3.73. The Bertz CT molecular complexity index is 451. The number of halogens is 1. The minimum absolute atomic E-state index is 0.0928. The number of methoxy groups -OCH3 is 1. The van der Waals surface area contributed by atoms with E-state index in [2.05, 4.69) is 26.1 Å². The molecule has 0 bridgehead atoms. The van der Waals surface area contributed by atoms with Crippen LogP contribution in [0.5, 0.6) is 5.75 Å². The Kier molecular flexibility index (Phi) is 4.24. The zero-order chi connectivity index (χ0) is 13.1. The quantitative estimate of drug-likeness (QED) is 0.925. The summed E-state index contributed by atoms with van der Waals surface area (Å²) >= 11 is 3.46. The van der Waals surface area contributed by atoms with E-state index in [1.165, 1.54) is 0 Å². The monoisotopic (exact) mass is 312 g/mol. The molecule has 5 heteroatoms. The summed E-state index contributed by atoms with van der Waals surface area (Å²) in [6.45, 7) is 4.22. The molecule has 1 amide bonds. The Morgan fingerprint density at radius 1 is 1.56 bits per heavy atom. The number of ether oxygens (including phenoxy) is 1. The SMILES string of the molecule is COc1ccc(Br)cc1CN1CCNC(=O)C1C. The minimum Gasteiger partial charge on any atom is -0.496 e. The van der Waals surface area contributed by atoms with E-state index in [-0.39, 0.29) is 11.9 Å². The topological polar surface area (TPSA) is 41.6 Å². The van der Waals surface area contributed by atoms with E-state index in [9.17, 15) is 4.79 Å². The van der Waals surface area contributed by atoms with Gasteiger partial charge in [-0.2, -0.15) is 0 Å². The zero-order valence-electron chi connectivity index (χ0n) is 10.6. The van der Waals surface area contributed by atoms with Crippen LogP contribution in [0.2, 0.25) is 0 Å². The zero-order valence-corrected chi connectivity index (χ0v) is 12.2. The van der Waals surface area contributed by atoms with Crippen molar-refractivity contribution in [2.24, 2.45) is 0 Å². The molecular formula is C13H17BrN2O2. The maximum Gasteiger partial charge on any atom is 0.237 e. The van der Waals surface area contributed by atoms with Gasteiger partial charge in [-0.05, 0) is 25.1 Å². The first-order chi connectivity index (χ1) is 8.61. The normalized spacial score (nSPS) is 20.6. The van der Waals surface area contributed by atoms with Crippen molar-refractivity contribution in [1.82, 2.24) is 10.2 Å². The Labute approximate surface area is 115 Å². The molecule has 1 aliphatic rings. The highest BCUT2D eigenvalue weighted by atomic mass is 79.9. The van der Waals surface area contributed by atoms with Gasteiger partial charge in [0.15, 0.2) is 0 Å². The number of rotatable bonds is 3. The van der Waals surface area contributed by atoms with Crippen LogP contribution in [-0.2, 0) is 11.3 Å². The van der Waals surface area contributed by atoms with Crippen LogP contribution >= 0.6 is 15.9 Å². The molecule has 1 aliphatic heterocycles. The summed E-state index contributed by atoms with van der Waals surface area (Å²) in [4.78, 5) is 13.8. The summed E-state index contributed by atoms with van der Waals surface area (Å²) in [5, 5.41) is 2.87. The van der Waals surface area contributed by atoms with Gasteiger partial charge in [0.2, 0.25) is 5.91 Å². The smallest absolute Gasteiger partial charge is 0.237 e. The van der Waals surface area contributed by atoms with Gasteiger partial charge in [-0.1, -0.05) is 15.9 Å². The fraction of sp³-hybridized carbons (Fsp3) is 0.462. The molecule has 1 atom stereocenters. The highest BCUT2D eigenvalue weighted by Crippen LogP contribution is 2.25. The molecule has 18 heavy (non-hydrogen) atoms. The van der Waals surface area contributed by atoms with Crippen molar-refractivity contribution in [3.8, 4) is 5.75 Å². The highest BCUT2D eigenvalue weighted by molar-refractivity contribution is 9.10. The number of benzene rings is 1. The molecule has 1 unspecified atom stereocenters. The number of carbonyl (C=O) groups is 1. The van der Waals surface area contributed by atoms with Crippen LogP contribution < -0.4 is 10.1 Å². The van der Waals surface area contributed by atoms with Gasteiger partial charge < -0.3 is 10.1 Å². The van der Waals surface area contributed by atoms with Gasteiger partial charge in [-0.3, -0.25) is 9.69 Å². The molecule has 1 heterocycles. The average molecular weight is 313 g/mol. The van der Waals surface area contributed by atoms with Gasteiger partial charge in [0.1, 0.15) is 5.75 Å². The first-order valence-corrected chi connectivity index (χ1v) is 6.75. The third-order valence-electron chi connectivity index (χ3n) is 3.24. The number of piperazine rings is 1. The summed E-state index contributed by atoms with van der Waals surface area (Å²) in [7, 11) is 1.67. The molecule has 2 rings (SSSR count). The molecule has 0 radical (unpaired) electrons. The van der Waals surface area contributed by atoms with Gasteiger partial charge in [-0.15, -0.1) is 0 Å². The molecule has 4 nitrogen and oxygen atoms in total. The van der Waals surface area contributed by atoms with Gasteiger partial charge in [0, 0.05) is 29.7 Å². The van der Waals surface area contributed by atoms with Gasteiger partial charge >= 0.3 is 0 Å². The Morgan fingerprint density at radius 2 is 2.33 bits per heavy atom. The molecule has 0 spiro atoms. The number of hydrogen-bond acceptors (Lipinski definition) is 3. The molecule has 1 aromatic rings. The fourth-order valence-corrected chi connectivity index (χ4v) is 2.54. The van der Waals surface area contributed by atoms with Crippen LogP contribution in [0.3, 0.4) is 0 Å². The van der Waals surface area contributed by atoms with Crippen molar-refractivity contribution in [3.05, 3.63) is 28.2 Å². The molecule has 0 saturated carbocycles. The lowest BCUT2D eigenvalue weighted by atomic mass is 10.1. The van der Waals surface area contributed by atoms with Crippen LogP contribution in [0.15, 0.2) is 22.7 Å². The molecule has 0 aliphatic carbocycles. The van der Waals surface area contributed by atoms with E-state index in [4.69, 9.17) is 4.74 Å². The van der Waals surface area contributed by atoms with E-state index in [0.29, 0.717) is 6.54 Å². The Hall–Kier alpha value is -1.07. The average Bonchev–Trinajstić information content (AvgIpc) is 2.35. The fourth-order valence-electron chi connectivity index (χ4n) is 2.14. The second-order valence-corrected chi connectivity index (χ2v) is 5.31. The third kappa shape index (κ3) is 2.84. The highest BCUT2D eigenvalue weighted by Gasteiger charge is 2.25. The van der Waals surface area contributed by atoms with E-state index in [0.717, 1.165) is 28.9 Å². The predicted octanol–water partition coefficient (Wildman–Crippen LogP) is 1.78. The predicted molar refractivity (Wildman–Crippen MR) is 73.6 cm³/mol. The number of nitrogens with one attached hydrogen (secondary N) is 1. The molecule has 1 fully saturated rings. The lowest BCUT2D eigenvalue weighted by molar-refractivity contribution is -0.128. The standard InChI is InChI=1S/C13H17BrN2O2/c1-9-13(17)15-5-6-16(9)8-10-7-11(14)3-4-12(10)18-2/h3-4,7,9H,5-6,8H2,1-2H3,(H,15,17). The van der Waals surface area contributed by atoms with Crippen molar-refractivity contribution in [3.63, 3.8) is 0 Å². The Balaban J connectivity index is 2.17. The molecule has 1 saturated heterocycles. The second kappa shape index (κ2) is 5.71. The van der Waals surface area contributed by atoms with Crippen molar-refractivity contribution < 1.29 is 9.53 Å². The van der Waals surface area contributed by atoms with E-state index < -0.39 is 0 Å². The van der Waals surface area contributed by atoms with E-state index in [1.54, 1.807) is 7.11 Å². The molecule has 1 aromatic carbocycles. The lowest BCUT2D eigenvalue weighted by Gasteiger charge is -2.33. The van der Waals surface area contributed by atoms with Gasteiger partial charge in [0.25, 0.3) is 0 Å². The Morgan fingerprint density at radius 3 is 3.06 bits per heavy atom. The van der Waals surface area contributed by atoms with Crippen LogP contribution in [0.1, 0.15) is 12.5 Å². The first kappa shape index (κ1) is 13.4. The molecular weight excluding hydrogens is 296 g/mol. The number of nitrogens with zero attached hydrogens (tertiary/aromatic N) is 1. The maximum absolute atomic E-state index is 11.6. The van der Waals surface area contributed by atoms with Gasteiger partial charge in [-0.25, -0.2) is 0 Å². The lowest BCUT2D eigenvalue weighted by Crippen LogP contribution is -2.53. The molecule has 1 N–H and O–H groups in total. The number of carbonyl (C=O) groups excluding carboxylic acids is 1. The molecule has 0 aromatic heterocycles. The van der Waals surface area contributed by atoms with Crippen molar-refractivity contribution in [2.75, 3.05) is 20.2 Å². The summed E-state index contributed by atoms with van der Waals surface area (Å²) in [6, 6.07) is 5.84. The summed E-state index contributed by atoms with van der Waals surface area (Å²) in [6.07, 6.45) is 0. The van der Waals surface area contributed by atoms with Crippen LogP contribution in [0, 0.1) is 0 Å². The van der Waals surface area contributed by atoms with Crippen molar-refractivity contribution in [1.29, 1.82) is 0 Å². The largest absolute Gasteiger partial charge is 0.496 e. The first-order valence-electron chi connectivity index (χ1n) is 5.96. The van der Waals surface area contributed by atoms with Crippen LogP contribution in [0.4, 0.5) is 0 Å². The summed E-state index contributed by atoms with van der Waals surface area (Å²) in [5.41, 5.74) is 1.09. The van der Waals surface area contributed by atoms with Gasteiger partial charge in [0.05, 0.1) is 13.2 Å². The second-order valence-electron chi connectivity index (χ2n) is 4.39. The van der Waals surface area contributed by atoms with E-state index in [1.807, 2.05) is 25.1 Å². The van der Waals surface area contributed by atoms with Crippen LogP contribution in [0.25, 0.3) is 0 Å². The molecule has 98 valence electrons. The summed E-state index contributed by atoms with van der Waals surface area (Å²) < 4.78 is 6.38. The minimum atomic E-state index is -0.0950.